The van der Waals surface area contributed by atoms with Crippen LogP contribution in [-0.2, 0) is 31.8 Å². The predicted molar refractivity (Wildman–Crippen MR) is 128 cm³/mol. The third kappa shape index (κ3) is 9.53. The van der Waals surface area contributed by atoms with Gasteiger partial charge in [-0.15, -0.1) is 0 Å². The maximum atomic E-state index is 12.1. The number of amides is 1. The molecule has 0 saturated heterocycles. The molecule has 2 aromatic carbocycles. The van der Waals surface area contributed by atoms with Gasteiger partial charge in [0, 0.05) is 25.1 Å². The summed E-state index contributed by atoms with van der Waals surface area (Å²) in [4.78, 5) is 24.2. The maximum absolute atomic E-state index is 12.1. The highest BCUT2D eigenvalue weighted by atomic mass is 16.6. The van der Waals surface area contributed by atoms with Gasteiger partial charge in [-0.3, -0.25) is 5.32 Å². The Labute approximate surface area is 196 Å². The number of hydrogen-bond acceptors (Lipinski definition) is 6. The van der Waals surface area contributed by atoms with Gasteiger partial charge in [-0.25, -0.2) is 9.59 Å². The summed E-state index contributed by atoms with van der Waals surface area (Å²) in [5.41, 5.74) is 1.99. The molecule has 0 aliphatic carbocycles. The van der Waals surface area contributed by atoms with Crippen LogP contribution in [0.3, 0.4) is 0 Å². The highest BCUT2D eigenvalue weighted by Crippen LogP contribution is 2.20. The van der Waals surface area contributed by atoms with Crippen molar-refractivity contribution < 1.29 is 28.5 Å². The molecule has 2 rings (SSSR count). The van der Waals surface area contributed by atoms with Gasteiger partial charge in [-0.2, -0.15) is 0 Å². The normalized spacial score (nSPS) is 12.0. The molecule has 1 unspecified atom stereocenters. The van der Waals surface area contributed by atoms with Crippen molar-refractivity contribution in [1.29, 1.82) is 0 Å². The van der Waals surface area contributed by atoms with Gasteiger partial charge in [0.1, 0.15) is 11.4 Å². The SMILES string of the molecule is CCOC(=O)C(Cc1cccc(OCCc2ccccc2NC(=O)OC(C)(C)C)c1)OCC. The molecule has 0 bridgehead atoms. The van der Waals surface area contributed by atoms with Gasteiger partial charge in [0.05, 0.1) is 13.2 Å². The first-order chi connectivity index (χ1) is 15.7. The zero-order valence-corrected chi connectivity index (χ0v) is 20.2. The molecule has 0 aliphatic heterocycles. The molecule has 0 radical (unpaired) electrons. The number of carbonyl (C=O) groups is 2. The minimum absolute atomic E-state index is 0.315. The Hall–Kier alpha value is -3.06. The third-order valence-electron chi connectivity index (χ3n) is 4.53. The number of rotatable bonds is 11. The number of carbonyl (C=O) groups excluding carboxylic acids is 2. The average Bonchev–Trinajstić information content (AvgIpc) is 2.74. The van der Waals surface area contributed by atoms with Crippen LogP contribution >= 0.6 is 0 Å². The second-order valence-corrected chi connectivity index (χ2v) is 8.43. The monoisotopic (exact) mass is 457 g/mol. The van der Waals surface area contributed by atoms with Gasteiger partial charge in [0.2, 0.25) is 0 Å². The summed E-state index contributed by atoms with van der Waals surface area (Å²) in [6, 6.07) is 15.1. The molecule has 2 aromatic rings. The number of nitrogens with one attached hydrogen (secondary N) is 1. The van der Waals surface area contributed by atoms with Crippen molar-refractivity contribution in [3.8, 4) is 5.75 Å². The maximum Gasteiger partial charge on any atom is 0.412 e. The topological polar surface area (TPSA) is 83.1 Å². The van der Waals surface area contributed by atoms with E-state index in [1.165, 1.54) is 0 Å². The van der Waals surface area contributed by atoms with E-state index in [1.54, 1.807) is 6.92 Å². The van der Waals surface area contributed by atoms with Crippen molar-refractivity contribution in [2.75, 3.05) is 25.1 Å². The number of esters is 1. The van der Waals surface area contributed by atoms with Crippen LogP contribution in [0.25, 0.3) is 0 Å². The Bertz CT molecular complexity index is 906. The quantitative estimate of drug-likeness (QED) is 0.469. The van der Waals surface area contributed by atoms with Crippen LogP contribution in [0.5, 0.6) is 5.75 Å². The van der Waals surface area contributed by atoms with Crippen molar-refractivity contribution in [3.63, 3.8) is 0 Å². The van der Waals surface area contributed by atoms with Crippen molar-refractivity contribution in [2.24, 2.45) is 0 Å². The number of ether oxygens (including phenoxy) is 4. The molecule has 180 valence electrons. The van der Waals surface area contributed by atoms with E-state index in [2.05, 4.69) is 5.32 Å². The lowest BCUT2D eigenvalue weighted by Crippen LogP contribution is -2.29. The van der Waals surface area contributed by atoms with Crippen molar-refractivity contribution in [2.45, 2.75) is 59.2 Å². The average molecular weight is 458 g/mol. The summed E-state index contributed by atoms with van der Waals surface area (Å²) in [7, 11) is 0. The van der Waals surface area contributed by atoms with Crippen LogP contribution in [0.1, 0.15) is 45.7 Å². The molecule has 33 heavy (non-hydrogen) atoms. The highest BCUT2D eigenvalue weighted by molar-refractivity contribution is 5.85. The molecule has 1 N–H and O–H groups in total. The second kappa shape index (κ2) is 12.8. The minimum Gasteiger partial charge on any atom is -0.493 e. The molecule has 7 nitrogen and oxygen atoms in total. The van der Waals surface area contributed by atoms with Gasteiger partial charge in [-0.05, 0) is 63.9 Å². The van der Waals surface area contributed by atoms with Gasteiger partial charge in [-0.1, -0.05) is 30.3 Å². The lowest BCUT2D eigenvalue weighted by Gasteiger charge is -2.20. The highest BCUT2D eigenvalue weighted by Gasteiger charge is 2.21. The molecular formula is C26H35NO6. The Morgan fingerprint density at radius 3 is 2.45 bits per heavy atom. The van der Waals surface area contributed by atoms with E-state index in [0.29, 0.717) is 44.1 Å². The lowest BCUT2D eigenvalue weighted by molar-refractivity contribution is -0.156. The molecule has 0 spiro atoms. The summed E-state index contributed by atoms with van der Waals surface area (Å²) in [5, 5.41) is 2.80. The molecule has 1 atom stereocenters. The Kier molecular flexibility index (Phi) is 10.2. The van der Waals surface area contributed by atoms with Crippen molar-refractivity contribution in [3.05, 3.63) is 59.7 Å². The van der Waals surface area contributed by atoms with E-state index in [-0.39, 0.29) is 5.97 Å². The van der Waals surface area contributed by atoms with Gasteiger partial charge < -0.3 is 18.9 Å². The molecule has 1 amide bonds. The molecule has 0 fully saturated rings. The van der Waals surface area contributed by atoms with Crippen LogP contribution in [0.15, 0.2) is 48.5 Å². The Morgan fingerprint density at radius 2 is 1.76 bits per heavy atom. The first kappa shape index (κ1) is 26.2. The van der Waals surface area contributed by atoms with E-state index >= 15 is 0 Å². The summed E-state index contributed by atoms with van der Waals surface area (Å²) in [6.07, 6.45) is -0.127. The van der Waals surface area contributed by atoms with Crippen LogP contribution in [-0.4, -0.2) is 43.6 Å². The minimum atomic E-state index is -0.643. The smallest absolute Gasteiger partial charge is 0.412 e. The van der Waals surface area contributed by atoms with Crippen LogP contribution in [0.4, 0.5) is 10.5 Å². The van der Waals surface area contributed by atoms with E-state index in [0.717, 1.165) is 11.1 Å². The predicted octanol–water partition coefficient (Wildman–Crippen LogP) is 5.17. The first-order valence-electron chi connectivity index (χ1n) is 11.3. The molecule has 0 saturated carbocycles. The summed E-state index contributed by atoms with van der Waals surface area (Å²) < 4.78 is 21.9. The van der Waals surface area contributed by atoms with Crippen LogP contribution < -0.4 is 10.1 Å². The zero-order valence-electron chi connectivity index (χ0n) is 20.2. The summed E-state index contributed by atoms with van der Waals surface area (Å²) in [5.74, 6) is 0.337. The Balaban J connectivity index is 1.96. The number of benzene rings is 2. The van der Waals surface area contributed by atoms with Crippen molar-refractivity contribution >= 4 is 17.7 Å². The number of hydrogen-bond donors (Lipinski definition) is 1. The van der Waals surface area contributed by atoms with Crippen molar-refractivity contribution in [1.82, 2.24) is 0 Å². The van der Waals surface area contributed by atoms with E-state index in [9.17, 15) is 9.59 Å². The molecule has 0 aromatic heterocycles. The molecule has 7 heteroatoms. The fourth-order valence-corrected chi connectivity index (χ4v) is 3.18. The fraction of sp³-hybridized carbons (Fsp3) is 0.462. The van der Waals surface area contributed by atoms with E-state index < -0.39 is 17.8 Å². The summed E-state index contributed by atoms with van der Waals surface area (Å²) >= 11 is 0. The second-order valence-electron chi connectivity index (χ2n) is 8.43. The summed E-state index contributed by atoms with van der Waals surface area (Å²) in [6.45, 7) is 10.3. The standard InChI is InChI=1S/C26H35NO6/c1-6-30-23(24(28)31-7-2)18-19-11-10-13-21(17-19)32-16-15-20-12-8-9-14-22(20)27-25(29)33-26(3,4)5/h8-14,17,23H,6-7,15-16,18H2,1-5H3,(H,27,29). The van der Waals surface area contributed by atoms with Gasteiger partial charge >= 0.3 is 12.1 Å². The molecule has 0 aliphatic rings. The first-order valence-corrected chi connectivity index (χ1v) is 11.3. The van der Waals surface area contributed by atoms with E-state index in [4.69, 9.17) is 18.9 Å². The van der Waals surface area contributed by atoms with Crippen LogP contribution in [0, 0.1) is 0 Å². The Morgan fingerprint density at radius 1 is 1.00 bits per heavy atom. The number of para-hydroxylation sites is 1. The molecular weight excluding hydrogens is 422 g/mol. The fourth-order valence-electron chi connectivity index (χ4n) is 3.18. The van der Waals surface area contributed by atoms with Gasteiger partial charge in [0.25, 0.3) is 0 Å². The van der Waals surface area contributed by atoms with E-state index in [1.807, 2.05) is 76.2 Å². The molecule has 0 heterocycles. The van der Waals surface area contributed by atoms with Gasteiger partial charge in [0.15, 0.2) is 6.10 Å². The third-order valence-corrected chi connectivity index (χ3v) is 4.53. The lowest BCUT2D eigenvalue weighted by atomic mass is 10.1. The van der Waals surface area contributed by atoms with Crippen LogP contribution in [0.2, 0.25) is 0 Å². The zero-order chi connectivity index (χ0) is 24.3. The largest absolute Gasteiger partial charge is 0.493 e. The number of anilines is 1.